The summed E-state index contributed by atoms with van der Waals surface area (Å²) in [6, 6.07) is 5.29. The molecule has 0 aliphatic heterocycles. The largest absolute Gasteiger partial charge is 0.481 e. The van der Waals surface area contributed by atoms with Crippen LogP contribution in [0.2, 0.25) is 5.15 Å². The van der Waals surface area contributed by atoms with Crippen LogP contribution in [0.4, 0.5) is 5.69 Å². The highest BCUT2D eigenvalue weighted by molar-refractivity contribution is 6.31. The average molecular weight is 267 g/mol. The van der Waals surface area contributed by atoms with Crippen molar-refractivity contribution < 1.29 is 4.74 Å². The van der Waals surface area contributed by atoms with Gasteiger partial charge in [0.05, 0.1) is 25.7 Å². The van der Waals surface area contributed by atoms with Crippen molar-refractivity contribution in [2.24, 2.45) is 0 Å². The van der Waals surface area contributed by atoms with E-state index in [-0.39, 0.29) is 22.9 Å². The van der Waals surface area contributed by atoms with Gasteiger partial charge in [-0.3, -0.25) is 9.36 Å². The van der Waals surface area contributed by atoms with Gasteiger partial charge in [-0.15, -0.1) is 0 Å². The van der Waals surface area contributed by atoms with Crippen molar-refractivity contribution in [2.75, 3.05) is 12.8 Å². The minimum absolute atomic E-state index is 0.00912. The number of pyridine rings is 1. The van der Waals surface area contributed by atoms with Crippen LogP contribution >= 0.6 is 11.6 Å². The van der Waals surface area contributed by atoms with E-state index in [1.807, 2.05) is 0 Å². The highest BCUT2D eigenvalue weighted by Gasteiger charge is 2.07. The highest BCUT2D eigenvalue weighted by Crippen LogP contribution is 2.10. The van der Waals surface area contributed by atoms with Crippen LogP contribution in [-0.2, 0) is 6.54 Å². The van der Waals surface area contributed by atoms with Crippen LogP contribution in [0.5, 0.6) is 5.88 Å². The fourth-order valence-corrected chi connectivity index (χ4v) is 1.56. The molecule has 0 saturated carbocycles. The summed E-state index contributed by atoms with van der Waals surface area (Å²) in [5.74, 6) is 0.482. The molecule has 0 spiro atoms. The van der Waals surface area contributed by atoms with Gasteiger partial charge in [0.15, 0.2) is 5.15 Å². The zero-order chi connectivity index (χ0) is 13.1. The lowest BCUT2D eigenvalue weighted by atomic mass is 10.3. The molecule has 0 aliphatic rings. The summed E-state index contributed by atoms with van der Waals surface area (Å²) >= 11 is 5.65. The zero-order valence-electron chi connectivity index (χ0n) is 9.63. The minimum Gasteiger partial charge on any atom is -0.481 e. The fraction of sp³-hybridized carbons (Fsp3) is 0.182. The maximum atomic E-state index is 11.8. The van der Waals surface area contributed by atoms with E-state index in [9.17, 15) is 4.79 Å². The van der Waals surface area contributed by atoms with E-state index in [0.717, 1.165) is 0 Å². The summed E-state index contributed by atoms with van der Waals surface area (Å²) in [6.45, 7) is 0.254. The lowest BCUT2D eigenvalue weighted by molar-refractivity contribution is 0.396. The maximum absolute atomic E-state index is 11.8. The van der Waals surface area contributed by atoms with Crippen LogP contribution in [0.15, 0.2) is 29.3 Å². The summed E-state index contributed by atoms with van der Waals surface area (Å²) < 4.78 is 6.34. The molecule has 0 amide bonds. The number of anilines is 1. The van der Waals surface area contributed by atoms with Crippen molar-refractivity contribution in [3.8, 4) is 5.88 Å². The Morgan fingerprint density at radius 1 is 1.50 bits per heavy atom. The first-order valence-corrected chi connectivity index (χ1v) is 5.50. The topological polar surface area (TPSA) is 83.0 Å². The predicted octanol–water partition coefficient (Wildman–Crippen LogP) is 0.931. The summed E-state index contributed by atoms with van der Waals surface area (Å²) in [4.78, 5) is 19.8. The second-order valence-electron chi connectivity index (χ2n) is 3.55. The van der Waals surface area contributed by atoms with Crippen LogP contribution < -0.4 is 16.0 Å². The van der Waals surface area contributed by atoms with Crippen LogP contribution in [0.3, 0.4) is 0 Å². The lowest BCUT2D eigenvalue weighted by Crippen LogP contribution is -2.24. The quantitative estimate of drug-likeness (QED) is 0.836. The van der Waals surface area contributed by atoms with E-state index >= 15 is 0 Å². The Morgan fingerprint density at radius 3 is 3.00 bits per heavy atom. The van der Waals surface area contributed by atoms with Crippen molar-refractivity contribution in [1.82, 2.24) is 14.5 Å². The molecule has 0 unspecified atom stereocenters. The molecule has 18 heavy (non-hydrogen) atoms. The van der Waals surface area contributed by atoms with Crippen LogP contribution in [-0.4, -0.2) is 21.6 Å². The van der Waals surface area contributed by atoms with Gasteiger partial charge in [-0.2, -0.15) is 0 Å². The number of hydrogen-bond donors (Lipinski definition) is 1. The second-order valence-corrected chi connectivity index (χ2v) is 3.91. The number of nitrogens with two attached hydrogens (primary N) is 1. The Kier molecular flexibility index (Phi) is 3.47. The Labute approximate surface area is 108 Å². The van der Waals surface area contributed by atoms with E-state index in [4.69, 9.17) is 22.1 Å². The highest BCUT2D eigenvalue weighted by atomic mass is 35.5. The number of nitrogens with zero attached hydrogens (tertiary/aromatic N) is 3. The first kappa shape index (κ1) is 12.4. The zero-order valence-corrected chi connectivity index (χ0v) is 10.4. The SMILES string of the molecule is COc1cccc(Cn2cnc(Cl)c(N)c2=O)n1. The molecule has 2 N–H and O–H groups in total. The van der Waals surface area contributed by atoms with Crippen LogP contribution in [0, 0.1) is 0 Å². The molecule has 0 radical (unpaired) electrons. The summed E-state index contributed by atoms with van der Waals surface area (Å²) in [5.41, 5.74) is 5.73. The van der Waals surface area contributed by atoms with E-state index in [2.05, 4.69) is 9.97 Å². The van der Waals surface area contributed by atoms with Gasteiger partial charge in [0.1, 0.15) is 5.69 Å². The average Bonchev–Trinajstić information content (AvgIpc) is 2.40. The number of ether oxygens (including phenoxy) is 1. The molecule has 2 rings (SSSR count). The first-order valence-electron chi connectivity index (χ1n) is 5.12. The molecule has 7 heteroatoms. The Balaban J connectivity index is 2.34. The monoisotopic (exact) mass is 266 g/mol. The molecule has 0 fully saturated rings. The predicted molar refractivity (Wildman–Crippen MR) is 67.8 cm³/mol. The summed E-state index contributed by atoms with van der Waals surface area (Å²) in [5, 5.41) is 0.00912. The Bertz CT molecular complexity index is 627. The number of methoxy groups -OCH3 is 1. The molecule has 6 nitrogen and oxygen atoms in total. The summed E-state index contributed by atoms with van der Waals surface area (Å²) in [7, 11) is 1.53. The molecule has 0 aliphatic carbocycles. The normalized spacial score (nSPS) is 10.3. The number of aromatic nitrogens is 3. The van der Waals surface area contributed by atoms with Crippen molar-refractivity contribution in [1.29, 1.82) is 0 Å². The van der Waals surface area contributed by atoms with Gasteiger partial charge in [0.25, 0.3) is 5.56 Å². The van der Waals surface area contributed by atoms with Crippen LogP contribution in [0.1, 0.15) is 5.69 Å². The minimum atomic E-state index is -0.389. The van der Waals surface area contributed by atoms with E-state index in [1.165, 1.54) is 18.0 Å². The second kappa shape index (κ2) is 5.05. The molecule has 0 saturated heterocycles. The summed E-state index contributed by atoms with van der Waals surface area (Å²) in [6.07, 6.45) is 1.34. The maximum Gasteiger partial charge on any atom is 0.278 e. The van der Waals surface area contributed by atoms with E-state index in [0.29, 0.717) is 11.6 Å². The van der Waals surface area contributed by atoms with Crippen molar-refractivity contribution >= 4 is 17.3 Å². The third-order valence-corrected chi connectivity index (χ3v) is 2.65. The molecule has 0 atom stereocenters. The van der Waals surface area contributed by atoms with Gasteiger partial charge in [0.2, 0.25) is 5.88 Å². The van der Waals surface area contributed by atoms with Gasteiger partial charge >= 0.3 is 0 Å². The molecule has 2 aromatic heterocycles. The smallest absolute Gasteiger partial charge is 0.278 e. The number of rotatable bonds is 3. The first-order chi connectivity index (χ1) is 8.61. The standard InChI is InChI=1S/C11H11ClN4O2/c1-18-8-4-2-3-7(15-8)5-16-6-14-10(12)9(13)11(16)17/h2-4,6H,5,13H2,1H3. The fourth-order valence-electron chi connectivity index (χ4n) is 1.43. The van der Waals surface area contributed by atoms with Gasteiger partial charge in [0, 0.05) is 6.07 Å². The van der Waals surface area contributed by atoms with Crippen molar-refractivity contribution in [3.05, 3.63) is 45.7 Å². The third kappa shape index (κ3) is 2.43. The molecule has 94 valence electrons. The molecule has 2 heterocycles. The molecular weight excluding hydrogens is 256 g/mol. The van der Waals surface area contributed by atoms with Gasteiger partial charge in [-0.25, -0.2) is 9.97 Å². The molecular formula is C11H11ClN4O2. The third-order valence-electron chi connectivity index (χ3n) is 2.35. The molecule has 0 bridgehead atoms. The Hall–Kier alpha value is -2.08. The van der Waals surface area contributed by atoms with E-state index in [1.54, 1.807) is 18.2 Å². The van der Waals surface area contributed by atoms with Crippen LogP contribution in [0.25, 0.3) is 0 Å². The van der Waals surface area contributed by atoms with Gasteiger partial charge in [-0.1, -0.05) is 17.7 Å². The van der Waals surface area contributed by atoms with Crippen molar-refractivity contribution in [3.63, 3.8) is 0 Å². The van der Waals surface area contributed by atoms with Crippen molar-refractivity contribution in [2.45, 2.75) is 6.54 Å². The number of hydrogen-bond acceptors (Lipinski definition) is 5. The van der Waals surface area contributed by atoms with Gasteiger partial charge < -0.3 is 10.5 Å². The Morgan fingerprint density at radius 2 is 2.28 bits per heavy atom. The molecule has 0 aromatic carbocycles. The lowest BCUT2D eigenvalue weighted by Gasteiger charge is -2.07. The number of nitrogen functional groups attached to an aromatic ring is 1. The van der Waals surface area contributed by atoms with Gasteiger partial charge in [-0.05, 0) is 6.07 Å². The van der Waals surface area contributed by atoms with E-state index < -0.39 is 0 Å². The molecule has 2 aromatic rings. The number of halogens is 1.